The summed E-state index contributed by atoms with van der Waals surface area (Å²) in [5.74, 6) is 0.653. The second-order valence-electron chi connectivity index (χ2n) is 9.43. The summed E-state index contributed by atoms with van der Waals surface area (Å²) in [6, 6.07) is 33.5. The molecule has 4 rings (SSSR count). The van der Waals surface area contributed by atoms with Crippen molar-refractivity contribution in [2.45, 2.75) is 50.6 Å². The minimum absolute atomic E-state index is 0. The van der Waals surface area contributed by atoms with E-state index in [0.717, 1.165) is 16.7 Å². The largest absolute Gasteiger partial charge is 2.00 e. The zero-order valence-corrected chi connectivity index (χ0v) is 25.2. The molecule has 4 aromatic rings. The van der Waals surface area contributed by atoms with Crippen molar-refractivity contribution in [3.8, 4) is 0 Å². The third-order valence-corrected chi connectivity index (χ3v) is 7.55. The standard InChI is InChI=1S/C22H22N2O2S.C10H14.Ru/c1-17-13-15-20(16-14-17)27(25,26)24-22(19-11-7-4-8-12-19)21(23-2)18-9-5-3-6-10-18;1-8(2)10-6-4-9(3)5-7-10;/h3-16,21-22H,1-2H3;4-8H,1-3H3;/q-2;;+2/t21-,22-;;/m0../s1. The molecule has 0 fully saturated rings. The summed E-state index contributed by atoms with van der Waals surface area (Å²) in [5, 5.41) is 4.47. The fourth-order valence-corrected chi connectivity index (χ4v) is 5.08. The van der Waals surface area contributed by atoms with E-state index >= 15 is 0 Å². The van der Waals surface area contributed by atoms with Gasteiger partial charge in [-0.2, -0.15) is 7.05 Å². The van der Waals surface area contributed by atoms with Crippen LogP contribution in [0.3, 0.4) is 0 Å². The third kappa shape index (κ3) is 8.99. The summed E-state index contributed by atoms with van der Waals surface area (Å²) in [7, 11) is -2.13. The Hall–Kier alpha value is -2.63. The molecule has 0 aromatic heterocycles. The van der Waals surface area contributed by atoms with E-state index in [4.69, 9.17) is 0 Å². The molecule has 0 aliphatic heterocycles. The number of hydrogen-bond acceptors (Lipinski definition) is 2. The van der Waals surface area contributed by atoms with Gasteiger partial charge in [-0.25, -0.2) is 8.42 Å². The molecule has 0 amide bonds. The quantitative estimate of drug-likeness (QED) is 0.187. The molecule has 38 heavy (non-hydrogen) atoms. The average Bonchev–Trinajstić information content (AvgIpc) is 2.90. The van der Waals surface area contributed by atoms with Gasteiger partial charge in [0, 0.05) is 4.90 Å². The summed E-state index contributed by atoms with van der Waals surface area (Å²) in [6.07, 6.45) is 0. The van der Waals surface area contributed by atoms with Crippen LogP contribution in [0.5, 0.6) is 0 Å². The van der Waals surface area contributed by atoms with Crippen molar-refractivity contribution in [2.75, 3.05) is 7.05 Å². The minimum atomic E-state index is -3.82. The van der Waals surface area contributed by atoms with E-state index in [0.29, 0.717) is 5.92 Å². The van der Waals surface area contributed by atoms with E-state index < -0.39 is 22.1 Å². The Labute approximate surface area is 241 Å². The molecule has 200 valence electrons. The molecule has 6 heteroatoms. The first-order chi connectivity index (χ1) is 17.7. The summed E-state index contributed by atoms with van der Waals surface area (Å²) >= 11 is 0. The number of nitrogens with zero attached hydrogens (tertiary/aromatic N) is 2. The van der Waals surface area contributed by atoms with Crippen molar-refractivity contribution in [3.05, 3.63) is 147 Å². The van der Waals surface area contributed by atoms with Crippen molar-refractivity contribution in [1.29, 1.82) is 0 Å². The molecular formula is C32H36N2O2RuS. The molecule has 4 nitrogen and oxygen atoms in total. The monoisotopic (exact) mass is 614 g/mol. The molecule has 0 aliphatic carbocycles. The van der Waals surface area contributed by atoms with Crippen LogP contribution in [0.25, 0.3) is 10.0 Å². The molecule has 0 saturated heterocycles. The summed E-state index contributed by atoms with van der Waals surface area (Å²) in [4.78, 5) is 0.192. The molecule has 0 unspecified atom stereocenters. The Morgan fingerprint density at radius 1 is 0.579 bits per heavy atom. The van der Waals surface area contributed by atoms with Gasteiger partial charge in [0.2, 0.25) is 0 Å². The van der Waals surface area contributed by atoms with Gasteiger partial charge in [-0.1, -0.05) is 133 Å². The average molecular weight is 614 g/mol. The zero-order valence-electron chi connectivity index (χ0n) is 22.6. The van der Waals surface area contributed by atoms with Crippen LogP contribution in [0.1, 0.15) is 59.7 Å². The van der Waals surface area contributed by atoms with Gasteiger partial charge in [0.05, 0.1) is 0 Å². The maximum atomic E-state index is 13.0. The zero-order chi connectivity index (χ0) is 26.8. The first-order valence-electron chi connectivity index (χ1n) is 12.5. The smallest absolute Gasteiger partial charge is 0.659 e. The van der Waals surface area contributed by atoms with Gasteiger partial charge in [-0.15, -0.1) is 12.1 Å². The van der Waals surface area contributed by atoms with E-state index in [1.54, 1.807) is 31.3 Å². The fourth-order valence-electron chi connectivity index (χ4n) is 3.95. The summed E-state index contributed by atoms with van der Waals surface area (Å²) in [5.41, 5.74) is 5.50. The second-order valence-corrected chi connectivity index (χ2v) is 11.1. The van der Waals surface area contributed by atoms with Crippen molar-refractivity contribution < 1.29 is 27.9 Å². The molecule has 2 atom stereocenters. The van der Waals surface area contributed by atoms with Crippen LogP contribution in [0.15, 0.2) is 114 Å². The SMILES string of the molecule is C[N-][C@@H](c1ccccc1)[C@@H]([N-]S(=O)(=O)c1ccc(C)cc1)c1ccccc1.Cc1ccc(C(C)C)cc1.[Ru+2]. The Balaban J connectivity index is 0.000000389. The van der Waals surface area contributed by atoms with Gasteiger partial charge >= 0.3 is 19.5 Å². The van der Waals surface area contributed by atoms with Crippen LogP contribution < -0.4 is 0 Å². The summed E-state index contributed by atoms with van der Waals surface area (Å²) in [6.45, 7) is 8.46. The van der Waals surface area contributed by atoms with E-state index in [-0.39, 0.29) is 24.4 Å². The van der Waals surface area contributed by atoms with Crippen LogP contribution in [-0.2, 0) is 29.5 Å². The van der Waals surface area contributed by atoms with Gasteiger partial charge in [0.1, 0.15) is 10.0 Å². The van der Waals surface area contributed by atoms with E-state index in [2.05, 4.69) is 55.1 Å². The van der Waals surface area contributed by atoms with Crippen molar-refractivity contribution >= 4 is 10.0 Å². The molecular weight excluding hydrogens is 578 g/mol. The molecule has 0 spiro atoms. The Bertz CT molecular complexity index is 1330. The molecule has 0 bridgehead atoms. The van der Waals surface area contributed by atoms with E-state index in [1.165, 1.54) is 11.1 Å². The van der Waals surface area contributed by atoms with Crippen molar-refractivity contribution in [3.63, 3.8) is 0 Å². The Morgan fingerprint density at radius 3 is 1.42 bits per heavy atom. The summed E-state index contributed by atoms with van der Waals surface area (Å²) < 4.78 is 30.2. The number of hydrogen-bond donors (Lipinski definition) is 0. The van der Waals surface area contributed by atoms with E-state index in [1.807, 2.05) is 67.6 Å². The predicted molar refractivity (Wildman–Crippen MR) is 155 cm³/mol. The number of aryl methyl sites for hydroxylation is 2. The van der Waals surface area contributed by atoms with Crippen molar-refractivity contribution in [2.24, 2.45) is 0 Å². The molecule has 0 aliphatic rings. The number of benzene rings is 4. The molecule has 4 aromatic carbocycles. The van der Waals surface area contributed by atoms with Gasteiger partial charge < -0.3 is 10.0 Å². The third-order valence-electron chi connectivity index (χ3n) is 6.17. The van der Waals surface area contributed by atoms with Crippen LogP contribution >= 0.6 is 0 Å². The molecule has 0 heterocycles. The second kappa shape index (κ2) is 15.1. The Kier molecular flexibility index (Phi) is 12.5. The number of likely N-dealkylation sites (N-methyl/N-ethyl adjacent to an activating group) is 1. The first kappa shape index (κ1) is 31.6. The van der Waals surface area contributed by atoms with Gasteiger partial charge in [-0.3, -0.25) is 0 Å². The van der Waals surface area contributed by atoms with Crippen LogP contribution in [0.2, 0.25) is 0 Å². The van der Waals surface area contributed by atoms with Gasteiger partial charge in [-0.05, 0) is 37.5 Å². The maximum Gasteiger partial charge on any atom is 2.00 e. The number of sulfonamides is 1. The topological polar surface area (TPSA) is 62.3 Å². The van der Waals surface area contributed by atoms with Gasteiger partial charge in [0.15, 0.2) is 0 Å². The van der Waals surface area contributed by atoms with E-state index in [9.17, 15) is 8.42 Å². The van der Waals surface area contributed by atoms with Crippen molar-refractivity contribution in [1.82, 2.24) is 0 Å². The molecule has 0 saturated carbocycles. The fraction of sp³-hybridized carbons (Fsp3) is 0.250. The van der Waals surface area contributed by atoms with Crippen LogP contribution in [0.4, 0.5) is 0 Å². The molecule has 0 radical (unpaired) electrons. The first-order valence-corrected chi connectivity index (χ1v) is 13.9. The molecule has 0 N–H and O–H groups in total. The van der Waals surface area contributed by atoms with Crippen LogP contribution in [0, 0.1) is 13.8 Å². The van der Waals surface area contributed by atoms with Gasteiger partial charge in [0.25, 0.3) is 0 Å². The number of rotatable bonds is 8. The predicted octanol–water partition coefficient (Wildman–Crippen LogP) is 8.66. The van der Waals surface area contributed by atoms with Crippen LogP contribution in [-0.4, -0.2) is 15.5 Å². The minimum Gasteiger partial charge on any atom is -0.659 e. The maximum absolute atomic E-state index is 13.0. The Morgan fingerprint density at radius 2 is 1.00 bits per heavy atom. The normalized spacial score (nSPS) is 12.6.